The van der Waals surface area contributed by atoms with Crippen molar-refractivity contribution in [3.8, 4) is 5.88 Å². The molecule has 0 unspecified atom stereocenters. The molecule has 0 bridgehead atoms. The number of rotatable bonds is 6. The summed E-state index contributed by atoms with van der Waals surface area (Å²) in [6, 6.07) is 2.80. The molecule has 1 aromatic heterocycles. The molecule has 1 aromatic rings. The fraction of sp³-hybridized carbons (Fsp3) is 0.444. The Morgan fingerprint density at radius 1 is 1.47 bits per heavy atom. The minimum absolute atomic E-state index is 0.0577. The van der Waals surface area contributed by atoms with Crippen LogP contribution in [0.3, 0.4) is 0 Å². The molecule has 0 fully saturated rings. The number of unbranched alkanes of at least 4 members (excludes halogenated alkanes) is 1. The van der Waals surface area contributed by atoms with E-state index in [2.05, 4.69) is 4.98 Å². The molecule has 15 heavy (non-hydrogen) atoms. The highest BCUT2D eigenvalue weighted by atomic mass is 16.6. The third kappa shape index (κ3) is 3.90. The van der Waals surface area contributed by atoms with Gasteiger partial charge in [0.25, 0.3) is 5.69 Å². The van der Waals surface area contributed by atoms with Crippen molar-refractivity contribution >= 4 is 5.69 Å². The van der Waals surface area contributed by atoms with E-state index < -0.39 is 4.92 Å². The van der Waals surface area contributed by atoms with Gasteiger partial charge in [-0.1, -0.05) is 0 Å². The molecular weight excluding hydrogens is 200 g/mol. The van der Waals surface area contributed by atoms with Gasteiger partial charge >= 0.3 is 0 Å². The monoisotopic (exact) mass is 212 g/mol. The summed E-state index contributed by atoms with van der Waals surface area (Å²) < 4.78 is 5.20. The molecule has 0 spiro atoms. The summed E-state index contributed by atoms with van der Waals surface area (Å²) in [6.45, 7) is 0.586. The number of aliphatic hydroxyl groups is 1. The quantitative estimate of drug-likeness (QED) is 0.434. The molecule has 1 heterocycles. The Bertz CT molecular complexity index is 312. The number of nitrogens with zero attached hydrogens (tertiary/aromatic N) is 2. The number of aromatic nitrogens is 1. The maximum absolute atomic E-state index is 10.3. The molecule has 0 saturated carbocycles. The Labute approximate surface area is 86.7 Å². The molecule has 0 aromatic carbocycles. The van der Waals surface area contributed by atoms with E-state index in [1.54, 1.807) is 0 Å². The summed E-state index contributed by atoms with van der Waals surface area (Å²) in [5, 5.41) is 18.8. The second kappa shape index (κ2) is 5.92. The Hall–Kier alpha value is -1.69. The van der Waals surface area contributed by atoms with Crippen molar-refractivity contribution in [2.24, 2.45) is 0 Å². The van der Waals surface area contributed by atoms with Crippen molar-refractivity contribution in [2.75, 3.05) is 13.2 Å². The van der Waals surface area contributed by atoms with Crippen LogP contribution in [0.1, 0.15) is 12.8 Å². The van der Waals surface area contributed by atoms with Gasteiger partial charge in [-0.3, -0.25) is 10.1 Å². The van der Waals surface area contributed by atoms with Crippen LogP contribution in [-0.4, -0.2) is 28.2 Å². The first-order valence-electron chi connectivity index (χ1n) is 4.58. The zero-order valence-electron chi connectivity index (χ0n) is 8.13. The lowest BCUT2D eigenvalue weighted by Gasteiger charge is -2.03. The van der Waals surface area contributed by atoms with Crippen LogP contribution in [0, 0.1) is 10.1 Å². The van der Waals surface area contributed by atoms with E-state index >= 15 is 0 Å². The van der Waals surface area contributed by atoms with E-state index in [4.69, 9.17) is 9.84 Å². The number of pyridine rings is 1. The van der Waals surface area contributed by atoms with Crippen LogP contribution < -0.4 is 4.74 Å². The predicted molar refractivity (Wildman–Crippen MR) is 52.7 cm³/mol. The van der Waals surface area contributed by atoms with Gasteiger partial charge < -0.3 is 9.84 Å². The molecule has 0 saturated heterocycles. The average molecular weight is 212 g/mol. The zero-order valence-corrected chi connectivity index (χ0v) is 8.13. The summed E-state index contributed by atoms with van der Waals surface area (Å²) in [7, 11) is 0. The van der Waals surface area contributed by atoms with Crippen molar-refractivity contribution in [3.05, 3.63) is 28.4 Å². The minimum Gasteiger partial charge on any atom is -0.478 e. The predicted octanol–water partition coefficient (Wildman–Crippen LogP) is 1.14. The van der Waals surface area contributed by atoms with Crippen molar-refractivity contribution < 1.29 is 14.8 Å². The van der Waals surface area contributed by atoms with Crippen molar-refractivity contribution in [2.45, 2.75) is 12.8 Å². The molecule has 0 aliphatic rings. The number of ether oxygens (including phenoxy) is 1. The van der Waals surface area contributed by atoms with Crippen molar-refractivity contribution in [1.29, 1.82) is 0 Å². The zero-order chi connectivity index (χ0) is 11.1. The number of hydrogen-bond donors (Lipinski definition) is 1. The van der Waals surface area contributed by atoms with E-state index in [0.717, 1.165) is 12.6 Å². The molecule has 82 valence electrons. The van der Waals surface area contributed by atoms with E-state index in [1.165, 1.54) is 12.1 Å². The van der Waals surface area contributed by atoms with Crippen LogP contribution in [0.25, 0.3) is 0 Å². The number of nitro groups is 1. The average Bonchev–Trinajstić information content (AvgIpc) is 2.25. The molecule has 0 aliphatic carbocycles. The Balaban J connectivity index is 2.39. The first-order chi connectivity index (χ1) is 7.24. The summed E-state index contributed by atoms with van der Waals surface area (Å²) in [4.78, 5) is 13.6. The second-order valence-electron chi connectivity index (χ2n) is 2.89. The lowest BCUT2D eigenvalue weighted by Crippen LogP contribution is -2.00. The molecule has 0 radical (unpaired) electrons. The molecular formula is C9H12N2O4. The van der Waals surface area contributed by atoms with Crippen LogP contribution in [0.4, 0.5) is 5.69 Å². The van der Waals surface area contributed by atoms with Crippen LogP contribution >= 0.6 is 0 Å². The molecule has 6 nitrogen and oxygen atoms in total. The van der Waals surface area contributed by atoms with Gasteiger partial charge in [-0.2, -0.15) is 0 Å². The number of aliphatic hydroxyl groups excluding tert-OH is 1. The van der Waals surface area contributed by atoms with Gasteiger partial charge in [0.1, 0.15) is 6.20 Å². The van der Waals surface area contributed by atoms with Crippen molar-refractivity contribution in [3.63, 3.8) is 0 Å². The van der Waals surface area contributed by atoms with Gasteiger partial charge in [-0.15, -0.1) is 0 Å². The fourth-order valence-corrected chi connectivity index (χ4v) is 0.956. The Morgan fingerprint density at radius 3 is 2.80 bits per heavy atom. The summed E-state index contributed by atoms with van der Waals surface area (Å²) in [5.41, 5.74) is -0.0577. The highest BCUT2D eigenvalue weighted by molar-refractivity contribution is 5.28. The van der Waals surface area contributed by atoms with Crippen LogP contribution in [0.5, 0.6) is 5.88 Å². The molecule has 6 heteroatoms. The molecule has 0 atom stereocenters. The molecule has 1 rings (SSSR count). The van der Waals surface area contributed by atoms with Crippen LogP contribution in [-0.2, 0) is 0 Å². The maximum atomic E-state index is 10.3. The smallest absolute Gasteiger partial charge is 0.287 e. The lowest BCUT2D eigenvalue weighted by atomic mass is 10.3. The van der Waals surface area contributed by atoms with Gasteiger partial charge in [-0.05, 0) is 12.8 Å². The summed E-state index contributed by atoms with van der Waals surface area (Å²) >= 11 is 0. The van der Waals surface area contributed by atoms with Gasteiger partial charge in [0, 0.05) is 18.7 Å². The van der Waals surface area contributed by atoms with Gasteiger partial charge in [-0.25, -0.2) is 4.98 Å². The van der Waals surface area contributed by atoms with E-state index in [0.29, 0.717) is 18.9 Å². The maximum Gasteiger partial charge on any atom is 0.287 e. The fourth-order valence-electron chi connectivity index (χ4n) is 0.956. The standard InChI is InChI=1S/C9H12N2O4/c12-5-1-2-6-15-9-4-3-8(7-10-9)11(13)14/h3-4,7,12H,1-2,5-6H2. The first-order valence-corrected chi connectivity index (χ1v) is 4.58. The topological polar surface area (TPSA) is 85.5 Å². The van der Waals surface area contributed by atoms with Gasteiger partial charge in [0.05, 0.1) is 11.5 Å². The third-order valence-corrected chi connectivity index (χ3v) is 1.73. The highest BCUT2D eigenvalue weighted by Crippen LogP contribution is 2.13. The SMILES string of the molecule is O=[N+]([O-])c1ccc(OCCCCO)nc1. The highest BCUT2D eigenvalue weighted by Gasteiger charge is 2.05. The van der Waals surface area contributed by atoms with Gasteiger partial charge in [0.15, 0.2) is 0 Å². The van der Waals surface area contributed by atoms with Crippen LogP contribution in [0.15, 0.2) is 18.3 Å². The first kappa shape index (κ1) is 11.4. The normalized spacial score (nSPS) is 9.93. The third-order valence-electron chi connectivity index (χ3n) is 1.73. The summed E-state index contributed by atoms with van der Waals surface area (Å²) in [5.74, 6) is 0.360. The molecule has 0 amide bonds. The second-order valence-corrected chi connectivity index (χ2v) is 2.89. The molecule has 1 N–H and O–H groups in total. The van der Waals surface area contributed by atoms with E-state index in [9.17, 15) is 10.1 Å². The largest absolute Gasteiger partial charge is 0.478 e. The van der Waals surface area contributed by atoms with Gasteiger partial charge in [0.2, 0.25) is 5.88 Å². The minimum atomic E-state index is -0.511. The summed E-state index contributed by atoms with van der Waals surface area (Å²) in [6.07, 6.45) is 2.56. The number of hydrogen-bond acceptors (Lipinski definition) is 5. The van der Waals surface area contributed by atoms with E-state index in [-0.39, 0.29) is 12.3 Å². The van der Waals surface area contributed by atoms with Crippen LogP contribution in [0.2, 0.25) is 0 Å². The Kier molecular flexibility index (Phi) is 4.49. The lowest BCUT2D eigenvalue weighted by molar-refractivity contribution is -0.385. The van der Waals surface area contributed by atoms with E-state index in [1.807, 2.05) is 0 Å². The molecule has 0 aliphatic heterocycles. The Morgan fingerprint density at radius 2 is 2.27 bits per heavy atom. The van der Waals surface area contributed by atoms with Crippen molar-refractivity contribution in [1.82, 2.24) is 4.98 Å².